The van der Waals surface area contributed by atoms with E-state index in [1.165, 1.54) is 0 Å². The van der Waals surface area contributed by atoms with E-state index in [9.17, 15) is 4.79 Å². The van der Waals surface area contributed by atoms with Crippen molar-refractivity contribution >= 4 is 23.4 Å². The van der Waals surface area contributed by atoms with Crippen LogP contribution in [0.5, 0.6) is 17.2 Å². The number of hydrogen-bond acceptors (Lipinski definition) is 5. The number of carbonyl (C=O) groups excluding carboxylic acids is 1. The highest BCUT2D eigenvalue weighted by Gasteiger charge is 2.24. The van der Waals surface area contributed by atoms with Crippen LogP contribution in [0.2, 0.25) is 0 Å². The molecular weight excluding hydrogens is 338 g/mol. The van der Waals surface area contributed by atoms with Crippen LogP contribution in [0.15, 0.2) is 47.4 Å². The van der Waals surface area contributed by atoms with Crippen molar-refractivity contribution in [2.24, 2.45) is 0 Å². The predicted octanol–water partition coefficient (Wildman–Crippen LogP) is 3.71. The maximum Gasteiger partial charge on any atom is 0.264 e. The molecule has 2 aliphatic heterocycles. The maximum absolute atomic E-state index is 12.8. The Bertz CT molecular complexity index is 795. The van der Waals surface area contributed by atoms with E-state index in [4.69, 9.17) is 14.2 Å². The zero-order chi connectivity index (χ0) is 17.2. The Morgan fingerprint density at radius 2 is 2.08 bits per heavy atom. The molecule has 0 aromatic heterocycles. The summed E-state index contributed by atoms with van der Waals surface area (Å²) in [7, 11) is 0. The number of amides is 1. The molecule has 2 aromatic carbocycles. The van der Waals surface area contributed by atoms with Gasteiger partial charge in [-0.05, 0) is 30.7 Å². The van der Waals surface area contributed by atoms with E-state index in [1.54, 1.807) is 18.2 Å². The molecule has 2 aromatic rings. The van der Waals surface area contributed by atoms with Crippen LogP contribution in [-0.4, -0.2) is 31.1 Å². The summed E-state index contributed by atoms with van der Waals surface area (Å²) in [6.07, 6.45) is 0.953. The Balaban J connectivity index is 1.47. The van der Waals surface area contributed by atoms with Gasteiger partial charge in [-0.25, -0.2) is 0 Å². The minimum absolute atomic E-state index is 0.00692. The number of thioether (sulfide) groups is 1. The van der Waals surface area contributed by atoms with Gasteiger partial charge >= 0.3 is 0 Å². The van der Waals surface area contributed by atoms with Gasteiger partial charge in [-0.15, -0.1) is 11.8 Å². The number of ether oxygens (including phenoxy) is 3. The first kappa shape index (κ1) is 16.1. The summed E-state index contributed by atoms with van der Waals surface area (Å²) >= 11 is 1.82. The van der Waals surface area contributed by atoms with Crippen molar-refractivity contribution in [2.45, 2.75) is 23.5 Å². The van der Waals surface area contributed by atoms with E-state index >= 15 is 0 Å². The molecule has 0 saturated heterocycles. The smallest absolute Gasteiger partial charge is 0.264 e. The normalized spacial score (nSPS) is 18.4. The molecule has 0 radical (unpaired) electrons. The number of anilines is 1. The van der Waals surface area contributed by atoms with Crippen LogP contribution in [0.25, 0.3) is 0 Å². The summed E-state index contributed by atoms with van der Waals surface area (Å²) < 4.78 is 16.3. The van der Waals surface area contributed by atoms with Crippen molar-refractivity contribution < 1.29 is 19.0 Å². The van der Waals surface area contributed by atoms with E-state index in [0.29, 0.717) is 29.0 Å². The zero-order valence-electron chi connectivity index (χ0n) is 13.9. The number of carbonyl (C=O) groups is 1. The molecule has 2 heterocycles. The molecule has 1 unspecified atom stereocenters. The highest BCUT2D eigenvalue weighted by atomic mass is 32.2. The lowest BCUT2D eigenvalue weighted by Crippen LogP contribution is -2.36. The van der Waals surface area contributed by atoms with Crippen molar-refractivity contribution in [2.75, 3.05) is 24.8 Å². The summed E-state index contributed by atoms with van der Waals surface area (Å²) in [5.41, 5.74) is 0.969. The first-order chi connectivity index (χ1) is 12.2. The highest BCUT2D eigenvalue weighted by molar-refractivity contribution is 8.00. The molecule has 25 heavy (non-hydrogen) atoms. The summed E-state index contributed by atoms with van der Waals surface area (Å²) in [6.45, 7) is 3.11. The van der Waals surface area contributed by atoms with Crippen molar-refractivity contribution in [3.8, 4) is 17.2 Å². The Labute approximate surface area is 150 Å². The molecule has 0 bridgehead atoms. The SMILES string of the molecule is CC1CCN(C(=O)COc2ccc3c(c2)OCO3)c2ccccc2S1. The second-order valence-electron chi connectivity index (χ2n) is 6.03. The number of hydrogen-bond donors (Lipinski definition) is 0. The molecule has 5 nitrogen and oxygen atoms in total. The Morgan fingerprint density at radius 3 is 3.00 bits per heavy atom. The quantitative estimate of drug-likeness (QED) is 0.838. The van der Waals surface area contributed by atoms with Crippen molar-refractivity contribution in [1.82, 2.24) is 0 Å². The third-order valence-electron chi connectivity index (χ3n) is 4.25. The zero-order valence-corrected chi connectivity index (χ0v) is 14.8. The summed E-state index contributed by atoms with van der Waals surface area (Å²) in [4.78, 5) is 15.7. The highest BCUT2D eigenvalue weighted by Crippen LogP contribution is 2.38. The lowest BCUT2D eigenvalue weighted by atomic mass is 10.2. The Morgan fingerprint density at radius 1 is 1.24 bits per heavy atom. The molecule has 2 aliphatic rings. The Hall–Kier alpha value is -2.34. The lowest BCUT2D eigenvalue weighted by molar-refractivity contribution is -0.120. The molecule has 1 atom stereocenters. The van der Waals surface area contributed by atoms with Gasteiger partial charge in [0.05, 0.1) is 5.69 Å². The van der Waals surface area contributed by atoms with Crippen LogP contribution in [0.4, 0.5) is 5.69 Å². The minimum atomic E-state index is -0.0418. The molecule has 0 aliphatic carbocycles. The third kappa shape index (κ3) is 3.39. The van der Waals surface area contributed by atoms with E-state index in [0.717, 1.165) is 17.0 Å². The average Bonchev–Trinajstić information content (AvgIpc) is 3.02. The van der Waals surface area contributed by atoms with Crippen molar-refractivity contribution in [3.63, 3.8) is 0 Å². The fourth-order valence-corrected chi connectivity index (χ4v) is 4.05. The van der Waals surface area contributed by atoms with Gasteiger partial charge in [0, 0.05) is 22.8 Å². The first-order valence-corrected chi connectivity index (χ1v) is 9.17. The lowest BCUT2D eigenvalue weighted by Gasteiger charge is -2.22. The van der Waals surface area contributed by atoms with Gasteiger partial charge in [0.25, 0.3) is 5.91 Å². The van der Waals surface area contributed by atoms with Crippen LogP contribution in [-0.2, 0) is 4.79 Å². The molecule has 4 rings (SSSR count). The number of benzene rings is 2. The van der Waals surface area contributed by atoms with Gasteiger partial charge in [0.2, 0.25) is 6.79 Å². The van der Waals surface area contributed by atoms with Crippen LogP contribution in [0.1, 0.15) is 13.3 Å². The van der Waals surface area contributed by atoms with Gasteiger partial charge in [0.1, 0.15) is 5.75 Å². The molecule has 1 amide bonds. The van der Waals surface area contributed by atoms with E-state index in [1.807, 2.05) is 34.9 Å². The molecule has 6 heteroatoms. The number of para-hydroxylation sites is 1. The predicted molar refractivity (Wildman–Crippen MR) is 96.8 cm³/mol. The van der Waals surface area contributed by atoms with Gasteiger partial charge in [-0.3, -0.25) is 4.79 Å². The minimum Gasteiger partial charge on any atom is -0.484 e. The van der Waals surface area contributed by atoms with Crippen LogP contribution >= 0.6 is 11.8 Å². The van der Waals surface area contributed by atoms with Gasteiger partial charge in [-0.1, -0.05) is 19.1 Å². The molecule has 130 valence electrons. The van der Waals surface area contributed by atoms with Gasteiger partial charge < -0.3 is 19.1 Å². The third-order valence-corrected chi connectivity index (χ3v) is 5.49. The van der Waals surface area contributed by atoms with Crippen molar-refractivity contribution in [1.29, 1.82) is 0 Å². The fraction of sp³-hybridized carbons (Fsp3) is 0.316. The Kier molecular flexibility index (Phi) is 4.44. The topological polar surface area (TPSA) is 48.0 Å². The fourth-order valence-electron chi connectivity index (χ4n) is 2.94. The summed E-state index contributed by atoms with van der Waals surface area (Å²) in [5.74, 6) is 1.91. The van der Waals surface area contributed by atoms with E-state index < -0.39 is 0 Å². The molecule has 0 N–H and O–H groups in total. The van der Waals surface area contributed by atoms with Crippen molar-refractivity contribution in [3.05, 3.63) is 42.5 Å². The second kappa shape index (κ2) is 6.88. The largest absolute Gasteiger partial charge is 0.484 e. The number of rotatable bonds is 3. The first-order valence-electron chi connectivity index (χ1n) is 8.29. The maximum atomic E-state index is 12.8. The van der Waals surface area contributed by atoms with Crippen LogP contribution in [0.3, 0.4) is 0 Å². The monoisotopic (exact) mass is 357 g/mol. The van der Waals surface area contributed by atoms with E-state index in [2.05, 4.69) is 13.0 Å². The average molecular weight is 357 g/mol. The number of fused-ring (bicyclic) bond motifs is 2. The standard InChI is InChI=1S/C19H19NO4S/c1-13-8-9-20(15-4-2-3-5-18(15)25-13)19(21)11-22-14-6-7-16-17(10-14)24-12-23-16/h2-7,10,13H,8-9,11-12H2,1H3. The van der Waals surface area contributed by atoms with Crippen LogP contribution < -0.4 is 19.1 Å². The molecule has 0 spiro atoms. The van der Waals surface area contributed by atoms with E-state index in [-0.39, 0.29) is 19.3 Å². The number of nitrogens with zero attached hydrogens (tertiary/aromatic N) is 1. The molecule has 0 fully saturated rings. The summed E-state index contributed by atoms with van der Waals surface area (Å²) in [6, 6.07) is 13.4. The molecular formula is C19H19NO4S. The van der Waals surface area contributed by atoms with Gasteiger partial charge in [-0.2, -0.15) is 0 Å². The van der Waals surface area contributed by atoms with Crippen LogP contribution in [0, 0.1) is 0 Å². The second-order valence-corrected chi connectivity index (χ2v) is 7.51. The van der Waals surface area contributed by atoms with Gasteiger partial charge in [0.15, 0.2) is 18.1 Å². The summed E-state index contributed by atoms with van der Waals surface area (Å²) in [5, 5.41) is 0.480. The molecule has 0 saturated carbocycles.